The highest BCUT2D eigenvalue weighted by atomic mass is 19.4. The summed E-state index contributed by atoms with van der Waals surface area (Å²) in [7, 11) is 1.48. The lowest BCUT2D eigenvalue weighted by molar-refractivity contribution is -0.215. The molecule has 0 saturated carbocycles. The number of aliphatic hydroxyl groups is 1. The van der Waals surface area contributed by atoms with Gasteiger partial charge in [0.1, 0.15) is 18.0 Å². The molecule has 3 N–H and O–H groups in total. The molecular weight excluding hydrogens is 503 g/mol. The number of amides is 2. The highest BCUT2D eigenvalue weighted by Crippen LogP contribution is 2.26. The van der Waals surface area contributed by atoms with Crippen LogP contribution < -0.4 is 20.9 Å². The maximum atomic E-state index is 13.4. The minimum Gasteiger partial charge on any atom is -0.497 e. The molecular formula is C27H28F3N3O5. The number of benzene rings is 2. The smallest absolute Gasteiger partial charge is 0.416 e. The van der Waals surface area contributed by atoms with Crippen LogP contribution in [0.3, 0.4) is 0 Å². The van der Waals surface area contributed by atoms with Gasteiger partial charge in [0.2, 0.25) is 5.91 Å². The summed E-state index contributed by atoms with van der Waals surface area (Å²) in [5.41, 5.74) is 0.268. The van der Waals surface area contributed by atoms with E-state index in [0.29, 0.717) is 17.0 Å². The highest BCUT2D eigenvalue weighted by Gasteiger charge is 2.45. The average molecular weight is 532 g/mol. The van der Waals surface area contributed by atoms with E-state index in [-0.39, 0.29) is 11.3 Å². The van der Waals surface area contributed by atoms with Gasteiger partial charge < -0.3 is 20.5 Å². The van der Waals surface area contributed by atoms with Crippen molar-refractivity contribution >= 4 is 17.5 Å². The number of rotatable bonds is 9. The summed E-state index contributed by atoms with van der Waals surface area (Å²) in [5, 5.41) is 14.5. The monoisotopic (exact) mass is 531 g/mol. The van der Waals surface area contributed by atoms with Crippen LogP contribution in [0.2, 0.25) is 0 Å². The zero-order chi connectivity index (χ0) is 28.0. The minimum absolute atomic E-state index is 0.131. The molecule has 0 radical (unpaired) electrons. The van der Waals surface area contributed by atoms with Crippen molar-refractivity contribution in [3.05, 3.63) is 82.6 Å². The topological polar surface area (TPSA) is 110 Å². The van der Waals surface area contributed by atoms with E-state index in [1.165, 1.54) is 45.2 Å². The van der Waals surface area contributed by atoms with Gasteiger partial charge in [-0.25, -0.2) is 0 Å². The normalized spacial score (nSPS) is 13.1. The maximum absolute atomic E-state index is 13.4. The molecule has 2 atom stereocenters. The van der Waals surface area contributed by atoms with E-state index in [0.717, 1.165) is 4.57 Å². The van der Waals surface area contributed by atoms with Crippen LogP contribution in [0.25, 0.3) is 11.3 Å². The fourth-order valence-corrected chi connectivity index (χ4v) is 3.82. The number of carbonyl (C=O) groups excluding carboxylic acids is 2. The Morgan fingerprint density at radius 3 is 2.18 bits per heavy atom. The molecule has 0 aliphatic heterocycles. The number of nitrogens with zero attached hydrogens (tertiary/aromatic N) is 1. The van der Waals surface area contributed by atoms with Crippen LogP contribution >= 0.6 is 0 Å². The Morgan fingerprint density at radius 2 is 1.63 bits per heavy atom. The van der Waals surface area contributed by atoms with Crippen molar-refractivity contribution in [2.45, 2.75) is 38.7 Å². The molecule has 2 unspecified atom stereocenters. The molecule has 0 bridgehead atoms. The van der Waals surface area contributed by atoms with Crippen LogP contribution in [0.5, 0.6) is 5.75 Å². The quantitative estimate of drug-likeness (QED) is 0.389. The third-order valence-electron chi connectivity index (χ3n) is 5.87. The zero-order valence-corrected chi connectivity index (χ0v) is 21.0. The fourth-order valence-electron chi connectivity index (χ4n) is 3.82. The van der Waals surface area contributed by atoms with E-state index < -0.39 is 48.2 Å². The van der Waals surface area contributed by atoms with Gasteiger partial charge in [-0.2, -0.15) is 13.2 Å². The highest BCUT2D eigenvalue weighted by molar-refractivity contribution is 6.04. The van der Waals surface area contributed by atoms with Crippen molar-refractivity contribution < 1.29 is 32.6 Å². The molecule has 2 amide bonds. The first-order valence-corrected chi connectivity index (χ1v) is 11.7. The number of aromatic nitrogens is 1. The lowest BCUT2D eigenvalue weighted by atomic mass is 9.98. The second kappa shape index (κ2) is 12.0. The summed E-state index contributed by atoms with van der Waals surface area (Å²) in [6, 6.07) is 16.1. The summed E-state index contributed by atoms with van der Waals surface area (Å²) in [5.74, 6) is -1.71. The molecule has 11 heteroatoms. The average Bonchev–Trinajstić information content (AvgIpc) is 2.89. The lowest BCUT2D eigenvalue weighted by Crippen LogP contribution is -2.53. The van der Waals surface area contributed by atoms with Crippen molar-refractivity contribution in [1.29, 1.82) is 0 Å². The lowest BCUT2D eigenvalue weighted by Gasteiger charge is -2.29. The van der Waals surface area contributed by atoms with E-state index >= 15 is 0 Å². The number of pyridine rings is 1. The summed E-state index contributed by atoms with van der Waals surface area (Å²) in [6.07, 6.45) is -7.73. The number of halogens is 3. The van der Waals surface area contributed by atoms with Crippen molar-refractivity contribution in [2.24, 2.45) is 5.92 Å². The van der Waals surface area contributed by atoms with Crippen LogP contribution in [-0.2, 0) is 11.3 Å². The fraction of sp³-hybridized carbons (Fsp3) is 0.296. The molecule has 0 spiro atoms. The Hall–Kier alpha value is -4.12. The van der Waals surface area contributed by atoms with Gasteiger partial charge in [-0.3, -0.25) is 19.0 Å². The number of alkyl halides is 3. The van der Waals surface area contributed by atoms with E-state index in [2.05, 4.69) is 10.6 Å². The summed E-state index contributed by atoms with van der Waals surface area (Å²) in [4.78, 5) is 39.0. The number of hydrogen-bond acceptors (Lipinski definition) is 5. The van der Waals surface area contributed by atoms with E-state index in [1.54, 1.807) is 42.5 Å². The van der Waals surface area contributed by atoms with Gasteiger partial charge in [-0.05, 0) is 47.9 Å². The number of ether oxygens (including phenoxy) is 1. The van der Waals surface area contributed by atoms with E-state index in [4.69, 9.17) is 4.74 Å². The Bertz CT molecular complexity index is 1320. The number of methoxy groups -OCH3 is 1. The first-order valence-electron chi connectivity index (χ1n) is 11.7. The number of carbonyl (C=O) groups is 2. The molecule has 0 fully saturated rings. The van der Waals surface area contributed by atoms with Gasteiger partial charge in [-0.15, -0.1) is 0 Å². The number of nitrogens with one attached hydrogen (secondary N) is 2. The van der Waals surface area contributed by atoms with Crippen LogP contribution in [0, 0.1) is 5.92 Å². The van der Waals surface area contributed by atoms with Crippen molar-refractivity contribution in [3.8, 4) is 17.0 Å². The number of anilines is 1. The van der Waals surface area contributed by atoms with Crippen molar-refractivity contribution in [1.82, 2.24) is 9.88 Å². The maximum Gasteiger partial charge on any atom is 0.416 e. The molecule has 0 aliphatic rings. The largest absolute Gasteiger partial charge is 0.497 e. The van der Waals surface area contributed by atoms with Gasteiger partial charge in [-0.1, -0.05) is 44.2 Å². The summed E-state index contributed by atoms with van der Waals surface area (Å²) < 4.78 is 45.5. The molecule has 1 aromatic heterocycles. The second-order valence-electron chi connectivity index (χ2n) is 8.90. The third kappa shape index (κ3) is 6.80. The van der Waals surface area contributed by atoms with Gasteiger partial charge in [0.25, 0.3) is 11.5 Å². The molecule has 202 valence electrons. The zero-order valence-electron chi connectivity index (χ0n) is 21.0. The molecule has 0 aliphatic carbocycles. The Kier molecular flexibility index (Phi) is 8.95. The second-order valence-corrected chi connectivity index (χ2v) is 8.90. The Morgan fingerprint density at radius 1 is 1.00 bits per heavy atom. The van der Waals surface area contributed by atoms with E-state index in [9.17, 15) is 32.7 Å². The molecule has 2 aromatic carbocycles. The van der Waals surface area contributed by atoms with Gasteiger partial charge in [0, 0.05) is 5.56 Å². The van der Waals surface area contributed by atoms with Crippen molar-refractivity contribution in [2.75, 3.05) is 12.4 Å². The molecule has 3 rings (SSSR count). The van der Waals surface area contributed by atoms with E-state index in [1.807, 2.05) is 0 Å². The molecule has 8 nitrogen and oxygen atoms in total. The minimum atomic E-state index is -4.94. The number of hydrogen-bond donors (Lipinski definition) is 3. The van der Waals surface area contributed by atoms with Crippen LogP contribution in [0.4, 0.5) is 18.9 Å². The summed E-state index contributed by atoms with van der Waals surface area (Å²) >= 11 is 0. The first kappa shape index (κ1) is 28.5. The van der Waals surface area contributed by atoms with Crippen molar-refractivity contribution in [3.63, 3.8) is 0 Å². The summed E-state index contributed by atoms with van der Waals surface area (Å²) in [6.45, 7) is 2.21. The molecule has 1 heterocycles. The predicted octanol–water partition coefficient (Wildman–Crippen LogP) is 3.84. The van der Waals surface area contributed by atoms with Crippen LogP contribution in [0.1, 0.15) is 24.2 Å². The first-order chi connectivity index (χ1) is 17.9. The van der Waals surface area contributed by atoms with Gasteiger partial charge in [0.05, 0.1) is 18.8 Å². The van der Waals surface area contributed by atoms with Gasteiger partial charge in [0.15, 0.2) is 6.10 Å². The third-order valence-corrected chi connectivity index (χ3v) is 5.87. The van der Waals surface area contributed by atoms with Crippen LogP contribution in [-0.4, -0.2) is 46.9 Å². The SMILES string of the molecule is COc1ccc(C(=O)Nc2ccc(-c3ccccc3)n(CC(=O)NC(C(C)C)C(O)C(F)(F)F)c2=O)cc1. The van der Waals surface area contributed by atoms with Gasteiger partial charge >= 0.3 is 6.18 Å². The molecule has 0 saturated heterocycles. The predicted molar refractivity (Wildman–Crippen MR) is 136 cm³/mol. The molecule has 3 aromatic rings. The Labute approximate surface area is 217 Å². The Balaban J connectivity index is 1.95. The van der Waals surface area contributed by atoms with Crippen LogP contribution in [0.15, 0.2) is 71.5 Å². The standard InChI is InChI=1S/C27H28F3N3O5/c1-16(2)23(24(35)27(28,29)30)32-22(34)15-33-21(17-7-5-4-6-8-17)14-13-20(26(33)37)31-25(36)18-9-11-19(38-3)12-10-18/h4-14,16,23-24,35H,15H2,1-3H3,(H,31,36)(H,32,34). The number of aliphatic hydroxyl groups excluding tert-OH is 1. The molecule has 38 heavy (non-hydrogen) atoms.